The Hall–Kier alpha value is -2.09. The van der Waals surface area contributed by atoms with Gasteiger partial charge in [-0.3, -0.25) is 4.79 Å². The summed E-state index contributed by atoms with van der Waals surface area (Å²) in [6.45, 7) is 2.27. The largest absolute Gasteiger partial charge is 0.508 e. The molecule has 2 saturated carbocycles. The molecule has 0 aliphatic heterocycles. The minimum atomic E-state index is -0.114. The molecule has 0 bridgehead atoms. The Morgan fingerprint density at radius 2 is 1.93 bits per heavy atom. The molecule has 3 aliphatic carbocycles. The van der Waals surface area contributed by atoms with Crippen molar-refractivity contribution < 1.29 is 9.90 Å². The van der Waals surface area contributed by atoms with Gasteiger partial charge >= 0.3 is 0 Å². The Bertz CT molecular complexity index is 887. The Morgan fingerprint density at radius 3 is 2.75 bits per heavy atom. The average Bonchev–Trinajstić information content (AvgIpc) is 2.97. The zero-order valence-corrected chi connectivity index (χ0v) is 16.7. The standard InChI is InChI=1S/C26H30O2/c1-26-14-13-22-21-12-10-20(27)15-18(21)9-11-23(22)25(26)19(16-24(26)28)8-7-17-5-3-2-4-6-17/h2-6,10,12,15,19,22-23,25,27H,7-9,11,13-14,16H2,1H3/t19?,22-,23-,25+,26-/m1/s1. The van der Waals surface area contributed by atoms with Gasteiger partial charge in [0.1, 0.15) is 11.5 Å². The van der Waals surface area contributed by atoms with Crippen LogP contribution in [0.25, 0.3) is 0 Å². The summed E-state index contributed by atoms with van der Waals surface area (Å²) in [5, 5.41) is 9.89. The van der Waals surface area contributed by atoms with Crippen molar-refractivity contribution >= 4 is 5.78 Å². The summed E-state index contributed by atoms with van der Waals surface area (Å²) in [5.41, 5.74) is 4.05. The van der Waals surface area contributed by atoms with Gasteiger partial charge in [0, 0.05) is 11.8 Å². The maximum Gasteiger partial charge on any atom is 0.139 e. The number of phenols is 1. The fraction of sp³-hybridized carbons (Fsp3) is 0.500. The summed E-state index contributed by atoms with van der Waals surface area (Å²) in [4.78, 5) is 13.1. The third kappa shape index (κ3) is 2.80. The first-order valence-corrected chi connectivity index (χ1v) is 11.0. The van der Waals surface area contributed by atoms with E-state index in [2.05, 4.69) is 43.3 Å². The van der Waals surface area contributed by atoms with E-state index in [1.807, 2.05) is 12.1 Å². The fourth-order valence-corrected chi connectivity index (χ4v) is 6.89. The van der Waals surface area contributed by atoms with Crippen LogP contribution in [-0.4, -0.2) is 10.9 Å². The molecule has 0 spiro atoms. The first-order valence-electron chi connectivity index (χ1n) is 11.0. The second-order valence-corrected chi connectivity index (χ2v) is 9.59. The number of aryl methyl sites for hydroxylation is 2. The van der Waals surface area contributed by atoms with E-state index in [0.717, 1.165) is 44.9 Å². The van der Waals surface area contributed by atoms with Crippen LogP contribution in [0.15, 0.2) is 48.5 Å². The Morgan fingerprint density at radius 1 is 1.11 bits per heavy atom. The van der Waals surface area contributed by atoms with E-state index in [0.29, 0.717) is 35.2 Å². The lowest BCUT2D eigenvalue weighted by atomic mass is 9.54. The van der Waals surface area contributed by atoms with E-state index in [-0.39, 0.29) is 5.41 Å². The molecular formula is C26H30O2. The van der Waals surface area contributed by atoms with Crippen LogP contribution in [0.5, 0.6) is 5.75 Å². The second kappa shape index (κ2) is 6.76. The van der Waals surface area contributed by atoms with Crippen LogP contribution in [0.3, 0.4) is 0 Å². The average molecular weight is 375 g/mol. The van der Waals surface area contributed by atoms with Crippen molar-refractivity contribution in [2.75, 3.05) is 0 Å². The van der Waals surface area contributed by atoms with Crippen molar-refractivity contribution in [3.05, 3.63) is 65.2 Å². The van der Waals surface area contributed by atoms with Gasteiger partial charge in [0.25, 0.3) is 0 Å². The molecule has 1 unspecified atom stereocenters. The number of benzene rings is 2. The van der Waals surface area contributed by atoms with E-state index in [9.17, 15) is 9.90 Å². The highest BCUT2D eigenvalue weighted by atomic mass is 16.3. The molecule has 5 atom stereocenters. The molecule has 1 N–H and O–H groups in total. The summed E-state index contributed by atoms with van der Waals surface area (Å²) in [6, 6.07) is 16.7. The van der Waals surface area contributed by atoms with Crippen molar-refractivity contribution in [1.29, 1.82) is 0 Å². The van der Waals surface area contributed by atoms with Crippen LogP contribution in [-0.2, 0) is 17.6 Å². The van der Waals surface area contributed by atoms with E-state index in [1.54, 1.807) is 0 Å². The third-order valence-electron chi connectivity index (χ3n) is 8.20. The lowest BCUT2D eigenvalue weighted by Gasteiger charge is -2.50. The number of fused-ring (bicyclic) bond motifs is 5. The van der Waals surface area contributed by atoms with Crippen molar-refractivity contribution in [3.63, 3.8) is 0 Å². The maximum absolute atomic E-state index is 13.1. The van der Waals surface area contributed by atoms with Crippen LogP contribution in [0.4, 0.5) is 0 Å². The van der Waals surface area contributed by atoms with Crippen LogP contribution in [0.2, 0.25) is 0 Å². The molecule has 5 rings (SSSR count). The number of rotatable bonds is 3. The van der Waals surface area contributed by atoms with Gasteiger partial charge in [0.2, 0.25) is 0 Å². The lowest BCUT2D eigenvalue weighted by Crippen LogP contribution is -2.44. The zero-order chi connectivity index (χ0) is 19.3. The molecule has 28 heavy (non-hydrogen) atoms. The van der Waals surface area contributed by atoms with Gasteiger partial charge in [0.15, 0.2) is 0 Å². The molecule has 2 aromatic carbocycles. The van der Waals surface area contributed by atoms with Gasteiger partial charge in [-0.05, 0) is 91.0 Å². The fourth-order valence-electron chi connectivity index (χ4n) is 6.89. The third-order valence-corrected chi connectivity index (χ3v) is 8.20. The lowest BCUT2D eigenvalue weighted by molar-refractivity contribution is -0.129. The molecule has 0 amide bonds. The van der Waals surface area contributed by atoms with Crippen LogP contribution in [0, 0.1) is 23.2 Å². The van der Waals surface area contributed by atoms with Gasteiger partial charge in [-0.25, -0.2) is 0 Å². The van der Waals surface area contributed by atoms with Gasteiger partial charge in [-0.2, -0.15) is 0 Å². The summed E-state index contributed by atoms with van der Waals surface area (Å²) >= 11 is 0. The van der Waals surface area contributed by atoms with E-state index >= 15 is 0 Å². The topological polar surface area (TPSA) is 37.3 Å². The number of hydrogen-bond acceptors (Lipinski definition) is 2. The maximum atomic E-state index is 13.1. The number of ketones is 1. The normalized spacial score (nSPS) is 33.8. The first kappa shape index (κ1) is 18.0. The highest BCUT2D eigenvalue weighted by Gasteiger charge is 2.58. The predicted octanol–water partition coefficient (Wildman–Crippen LogP) is 5.68. The van der Waals surface area contributed by atoms with Gasteiger partial charge in [-0.15, -0.1) is 0 Å². The summed E-state index contributed by atoms with van der Waals surface area (Å²) < 4.78 is 0. The van der Waals surface area contributed by atoms with Gasteiger partial charge < -0.3 is 5.11 Å². The Labute approximate surface area is 168 Å². The van der Waals surface area contributed by atoms with Gasteiger partial charge in [-0.1, -0.05) is 43.3 Å². The molecule has 0 aromatic heterocycles. The predicted molar refractivity (Wildman–Crippen MR) is 111 cm³/mol. The Kier molecular flexibility index (Phi) is 4.34. The van der Waals surface area contributed by atoms with Crippen LogP contribution in [0.1, 0.15) is 61.6 Å². The monoisotopic (exact) mass is 374 g/mol. The van der Waals surface area contributed by atoms with E-state index < -0.39 is 0 Å². The molecule has 146 valence electrons. The second-order valence-electron chi connectivity index (χ2n) is 9.59. The summed E-state index contributed by atoms with van der Waals surface area (Å²) in [5.74, 6) is 3.12. The van der Waals surface area contributed by atoms with Crippen molar-refractivity contribution in [2.45, 2.75) is 57.8 Å². The summed E-state index contributed by atoms with van der Waals surface area (Å²) in [7, 11) is 0. The van der Waals surface area contributed by atoms with Crippen molar-refractivity contribution in [2.24, 2.45) is 23.2 Å². The SMILES string of the molecule is C[C@]12CC[C@@H]3c4ccc(O)cc4CC[C@H]3[C@@H]1C(CCc1ccccc1)CC2=O. The number of phenolic OH excluding ortho intramolecular Hbond substituents is 1. The molecule has 2 nitrogen and oxygen atoms in total. The minimum absolute atomic E-state index is 0.114. The van der Waals surface area contributed by atoms with Gasteiger partial charge in [0.05, 0.1) is 0 Å². The zero-order valence-electron chi connectivity index (χ0n) is 16.7. The molecule has 0 saturated heterocycles. The minimum Gasteiger partial charge on any atom is -0.508 e. The van der Waals surface area contributed by atoms with Crippen LogP contribution < -0.4 is 0 Å². The summed E-state index contributed by atoms with van der Waals surface area (Å²) in [6.07, 6.45) is 7.33. The number of hydrogen-bond donors (Lipinski definition) is 1. The van der Waals surface area contributed by atoms with E-state index in [1.165, 1.54) is 16.7 Å². The first-order chi connectivity index (χ1) is 13.6. The number of aromatic hydroxyl groups is 1. The van der Waals surface area contributed by atoms with E-state index in [4.69, 9.17) is 0 Å². The van der Waals surface area contributed by atoms with Crippen molar-refractivity contribution in [3.8, 4) is 5.75 Å². The molecule has 0 heterocycles. The highest BCUT2D eigenvalue weighted by Crippen LogP contribution is 2.62. The smallest absolute Gasteiger partial charge is 0.139 e. The molecule has 2 aromatic rings. The quantitative estimate of drug-likeness (QED) is 0.751. The molecular weight excluding hydrogens is 344 g/mol. The van der Waals surface area contributed by atoms with Crippen molar-refractivity contribution in [1.82, 2.24) is 0 Å². The van der Waals surface area contributed by atoms with Crippen LogP contribution >= 0.6 is 0 Å². The number of Topliss-reactive ketones (excluding diaryl/α,β-unsaturated/α-hetero) is 1. The highest BCUT2D eigenvalue weighted by molar-refractivity contribution is 5.87. The molecule has 0 radical (unpaired) electrons. The number of carbonyl (C=O) groups is 1. The molecule has 3 aliphatic rings. The Balaban J connectivity index is 1.43. The molecule has 2 fully saturated rings. The molecule has 2 heteroatoms. The number of carbonyl (C=O) groups excluding carboxylic acids is 1.